The summed E-state index contributed by atoms with van der Waals surface area (Å²) in [6, 6.07) is 9.02. The Balaban J connectivity index is 1.95. The predicted molar refractivity (Wildman–Crippen MR) is 133 cm³/mol. The van der Waals surface area contributed by atoms with E-state index >= 15 is 0 Å². The molecule has 2 aromatic carbocycles. The van der Waals surface area contributed by atoms with Crippen LogP contribution in [0.2, 0.25) is 5.02 Å². The molecule has 0 saturated carbocycles. The number of esters is 2. The summed E-state index contributed by atoms with van der Waals surface area (Å²) in [6.07, 6.45) is 1.93. The topological polar surface area (TPSA) is 65.0 Å². The Morgan fingerprint density at radius 1 is 1.21 bits per heavy atom. The number of aliphatic imine (C=N–C) groups is 1. The molecule has 0 atom stereocenters. The minimum absolute atomic E-state index is 0.176. The van der Waals surface area contributed by atoms with Crippen LogP contribution in [0.25, 0.3) is 6.08 Å². The van der Waals surface area contributed by atoms with E-state index in [0.29, 0.717) is 22.8 Å². The molecule has 0 aromatic heterocycles. The molecule has 0 N–H and O–H groups in total. The van der Waals surface area contributed by atoms with Gasteiger partial charge in [-0.1, -0.05) is 18.5 Å². The van der Waals surface area contributed by atoms with Gasteiger partial charge >= 0.3 is 11.9 Å². The number of halogens is 4. The van der Waals surface area contributed by atoms with Crippen LogP contribution in [0.4, 0.5) is 0 Å². The third-order valence-corrected chi connectivity index (χ3v) is 6.21. The van der Waals surface area contributed by atoms with Crippen molar-refractivity contribution in [2.45, 2.75) is 13.3 Å². The number of cyclic esters (lactones) is 1. The number of hydrogen-bond donors (Lipinski definition) is 0. The zero-order valence-electron chi connectivity index (χ0n) is 14.3. The fourth-order valence-corrected chi connectivity index (χ4v) is 5.02. The number of ether oxygens (including phenoxy) is 2. The normalized spacial score (nSPS) is 14.8. The zero-order valence-corrected chi connectivity index (χ0v) is 21.5. The molecule has 9 heteroatoms. The van der Waals surface area contributed by atoms with Gasteiger partial charge in [0.25, 0.3) is 0 Å². The van der Waals surface area contributed by atoms with Gasteiger partial charge in [0.1, 0.15) is 0 Å². The van der Waals surface area contributed by atoms with Gasteiger partial charge in [-0.25, -0.2) is 9.79 Å². The molecule has 0 spiro atoms. The van der Waals surface area contributed by atoms with Gasteiger partial charge in [-0.2, -0.15) is 0 Å². The van der Waals surface area contributed by atoms with Gasteiger partial charge in [-0.3, -0.25) is 4.79 Å². The fraction of sp³-hybridized carbons (Fsp3) is 0.105. The first-order valence-corrected chi connectivity index (χ1v) is 11.6. The van der Waals surface area contributed by atoms with Gasteiger partial charge < -0.3 is 9.47 Å². The van der Waals surface area contributed by atoms with E-state index in [-0.39, 0.29) is 17.6 Å². The largest absolute Gasteiger partial charge is 0.424 e. The maximum absolute atomic E-state index is 12.3. The van der Waals surface area contributed by atoms with Crippen LogP contribution in [-0.4, -0.2) is 17.8 Å². The lowest BCUT2D eigenvalue weighted by molar-refractivity contribution is -0.134. The van der Waals surface area contributed by atoms with Crippen LogP contribution in [0.5, 0.6) is 5.75 Å². The minimum atomic E-state index is -0.545. The van der Waals surface area contributed by atoms with Crippen LogP contribution in [0.3, 0.4) is 0 Å². The van der Waals surface area contributed by atoms with E-state index in [1.807, 2.05) is 18.2 Å². The van der Waals surface area contributed by atoms with Crippen LogP contribution in [0, 0.1) is 10.7 Å². The molecule has 0 saturated heterocycles. The van der Waals surface area contributed by atoms with Crippen molar-refractivity contribution in [1.82, 2.24) is 0 Å². The maximum atomic E-state index is 12.3. The summed E-state index contributed by atoms with van der Waals surface area (Å²) in [7, 11) is 0. The average molecular weight is 733 g/mol. The third kappa shape index (κ3) is 5.05. The number of benzene rings is 2. The van der Waals surface area contributed by atoms with Crippen LogP contribution in [-0.2, 0) is 14.3 Å². The molecule has 0 radical (unpaired) electrons. The summed E-state index contributed by atoms with van der Waals surface area (Å²) in [5.41, 5.74) is 1.49. The molecular formula is C19H11ClI3NO4. The predicted octanol–water partition coefficient (Wildman–Crippen LogP) is 5.81. The first-order chi connectivity index (χ1) is 13.3. The summed E-state index contributed by atoms with van der Waals surface area (Å²) < 4.78 is 13.1. The SMILES string of the molecule is CCC(=O)Oc1c(I)cc(/C=C2\N=C(c3cc(I)ccc3Cl)OC2=O)cc1I. The second-order valence-corrected chi connectivity index (χ2v) is 9.58. The van der Waals surface area contributed by atoms with E-state index in [1.54, 1.807) is 25.1 Å². The summed E-state index contributed by atoms with van der Waals surface area (Å²) >= 11 is 12.5. The van der Waals surface area contributed by atoms with Crippen molar-refractivity contribution < 1.29 is 19.1 Å². The molecular weight excluding hydrogens is 722 g/mol. The number of hydrogen-bond acceptors (Lipinski definition) is 5. The van der Waals surface area contributed by atoms with E-state index in [0.717, 1.165) is 16.3 Å². The number of carbonyl (C=O) groups excluding carboxylic acids is 2. The highest BCUT2D eigenvalue weighted by Crippen LogP contribution is 2.31. The summed E-state index contributed by atoms with van der Waals surface area (Å²) in [5, 5.41) is 0.458. The molecule has 2 aromatic rings. The van der Waals surface area contributed by atoms with Gasteiger partial charge in [0.2, 0.25) is 5.90 Å². The number of carbonyl (C=O) groups is 2. The number of rotatable bonds is 4. The van der Waals surface area contributed by atoms with Gasteiger partial charge in [0, 0.05) is 9.99 Å². The quantitative estimate of drug-likeness (QED) is 0.172. The minimum Gasteiger partial charge on any atom is -0.424 e. The Bertz CT molecular complexity index is 1030. The molecule has 144 valence electrons. The Morgan fingerprint density at radius 3 is 2.54 bits per heavy atom. The zero-order chi connectivity index (χ0) is 20.4. The molecule has 1 heterocycles. The van der Waals surface area contributed by atoms with E-state index in [1.165, 1.54) is 0 Å². The highest BCUT2D eigenvalue weighted by Gasteiger charge is 2.26. The van der Waals surface area contributed by atoms with Crippen LogP contribution in [0.15, 0.2) is 41.0 Å². The Hall–Kier alpha value is -0.730. The standard InChI is InChI=1S/C19H11ClI3NO4/c1-2-16(25)27-17-13(22)5-9(6-14(17)23)7-15-19(26)28-18(24-15)11-8-10(21)3-4-12(11)20/h3-8H,2H2,1H3/b15-7-. The lowest BCUT2D eigenvalue weighted by Crippen LogP contribution is -2.08. The van der Waals surface area contributed by atoms with Crippen molar-refractivity contribution in [3.8, 4) is 5.75 Å². The first kappa shape index (κ1) is 22.0. The molecule has 5 nitrogen and oxygen atoms in total. The fourth-order valence-electron chi connectivity index (χ4n) is 2.29. The summed E-state index contributed by atoms with van der Waals surface area (Å²) in [4.78, 5) is 28.1. The van der Waals surface area contributed by atoms with Crippen LogP contribution < -0.4 is 4.74 Å². The smallest absolute Gasteiger partial charge is 0.363 e. The molecule has 3 rings (SSSR count). The van der Waals surface area contributed by atoms with Gasteiger partial charge in [0.15, 0.2) is 11.4 Å². The Labute approximate surface area is 207 Å². The van der Waals surface area contributed by atoms with Crippen LogP contribution in [0.1, 0.15) is 24.5 Å². The average Bonchev–Trinajstić information content (AvgIpc) is 3.00. The van der Waals surface area contributed by atoms with Crippen molar-refractivity contribution in [3.63, 3.8) is 0 Å². The molecule has 0 bridgehead atoms. The first-order valence-electron chi connectivity index (χ1n) is 7.96. The van der Waals surface area contributed by atoms with Crippen molar-refractivity contribution in [2.24, 2.45) is 4.99 Å². The van der Waals surface area contributed by atoms with Crippen molar-refractivity contribution in [1.29, 1.82) is 0 Å². The van der Waals surface area contributed by atoms with Gasteiger partial charge in [0.05, 0.1) is 17.7 Å². The monoisotopic (exact) mass is 733 g/mol. The second kappa shape index (κ2) is 9.39. The lowest BCUT2D eigenvalue weighted by atomic mass is 10.2. The van der Waals surface area contributed by atoms with Crippen molar-refractivity contribution in [3.05, 3.63) is 62.9 Å². The molecule has 28 heavy (non-hydrogen) atoms. The number of nitrogens with zero attached hydrogens (tertiary/aromatic N) is 1. The van der Waals surface area contributed by atoms with Crippen molar-refractivity contribution >= 4 is 103 Å². The van der Waals surface area contributed by atoms with Gasteiger partial charge in [-0.05, 0) is 110 Å². The van der Waals surface area contributed by atoms with Crippen molar-refractivity contribution in [2.75, 3.05) is 0 Å². The Morgan fingerprint density at radius 2 is 1.89 bits per heavy atom. The van der Waals surface area contributed by atoms with Gasteiger partial charge in [-0.15, -0.1) is 0 Å². The molecule has 1 aliphatic rings. The highest BCUT2D eigenvalue weighted by atomic mass is 127. The third-order valence-electron chi connectivity index (χ3n) is 3.61. The van der Waals surface area contributed by atoms with Crippen LogP contribution >= 0.6 is 79.4 Å². The summed E-state index contributed by atoms with van der Waals surface area (Å²) in [5.74, 6) is -0.155. The van der Waals surface area contributed by atoms with E-state index in [2.05, 4.69) is 72.8 Å². The molecule has 1 aliphatic heterocycles. The second-order valence-electron chi connectivity index (χ2n) is 5.60. The molecule has 0 fully saturated rings. The van der Waals surface area contributed by atoms with E-state index in [4.69, 9.17) is 21.1 Å². The molecule has 0 aliphatic carbocycles. The molecule has 0 amide bonds. The maximum Gasteiger partial charge on any atom is 0.363 e. The highest BCUT2D eigenvalue weighted by molar-refractivity contribution is 14.1. The Kier molecular flexibility index (Phi) is 7.37. The summed E-state index contributed by atoms with van der Waals surface area (Å²) in [6.45, 7) is 1.74. The van der Waals surface area contributed by atoms with E-state index in [9.17, 15) is 9.59 Å². The lowest BCUT2D eigenvalue weighted by Gasteiger charge is -2.09. The molecule has 0 unspecified atom stereocenters. The van der Waals surface area contributed by atoms with E-state index < -0.39 is 5.97 Å².